The van der Waals surface area contributed by atoms with Crippen molar-refractivity contribution in [3.8, 4) is 0 Å². The molecule has 0 aliphatic heterocycles. The van der Waals surface area contributed by atoms with Gasteiger partial charge in [0.05, 0.1) is 0 Å². The maximum Gasteiger partial charge on any atom is 0.00778 e. The average Bonchev–Trinajstić information content (AvgIpc) is 1.64. The zero-order chi connectivity index (χ0) is 7.44. The lowest BCUT2D eigenvalue weighted by molar-refractivity contribution is 0.330. The van der Waals surface area contributed by atoms with E-state index in [2.05, 4.69) is 39.0 Å². The maximum atomic E-state index is 2.49. The first-order valence-electron chi connectivity index (χ1n) is 3.55. The van der Waals surface area contributed by atoms with Gasteiger partial charge in [0.25, 0.3) is 0 Å². The summed E-state index contributed by atoms with van der Waals surface area (Å²) in [6, 6.07) is 1.40. The molecule has 1 nitrogen and oxygen atoms in total. The van der Waals surface area contributed by atoms with Crippen LogP contribution >= 0.6 is 8.73 Å². The molecule has 0 aromatic heterocycles. The first-order chi connectivity index (χ1) is 4.09. The minimum atomic E-state index is 0.702. The van der Waals surface area contributed by atoms with E-state index in [9.17, 15) is 0 Å². The monoisotopic (exact) mass is 147 g/mol. The van der Waals surface area contributed by atoms with E-state index < -0.39 is 0 Å². The molecule has 9 heavy (non-hydrogen) atoms. The largest absolute Gasteiger partial charge is 0.280 e. The zero-order valence-corrected chi connectivity index (χ0v) is 8.10. The highest BCUT2D eigenvalue weighted by Gasteiger charge is 2.09. The quantitative estimate of drug-likeness (QED) is 0.554. The highest BCUT2D eigenvalue weighted by atomic mass is 31.1. The van der Waals surface area contributed by atoms with Crippen molar-refractivity contribution in [3.63, 3.8) is 0 Å². The molecule has 0 aromatic rings. The molecular weight excluding hydrogens is 129 g/mol. The van der Waals surface area contributed by atoms with Crippen LogP contribution in [0.1, 0.15) is 27.7 Å². The van der Waals surface area contributed by atoms with E-state index in [4.69, 9.17) is 0 Å². The summed E-state index contributed by atoms with van der Waals surface area (Å²) in [5.41, 5.74) is 0. The Balaban J connectivity index is 3.68. The van der Waals surface area contributed by atoms with Crippen molar-refractivity contribution in [1.29, 1.82) is 0 Å². The van der Waals surface area contributed by atoms with Gasteiger partial charge in [0.2, 0.25) is 0 Å². The SMILES string of the molecule is CPN(C(C)C)C(C)C. The van der Waals surface area contributed by atoms with E-state index in [1.54, 1.807) is 0 Å². The Kier molecular flexibility index (Phi) is 4.43. The fraction of sp³-hybridized carbons (Fsp3) is 1.00. The normalized spacial score (nSPS) is 13.3. The maximum absolute atomic E-state index is 2.49. The summed E-state index contributed by atoms with van der Waals surface area (Å²) in [5, 5.41) is 0. The molecule has 0 bridgehead atoms. The van der Waals surface area contributed by atoms with Gasteiger partial charge in [0.1, 0.15) is 0 Å². The van der Waals surface area contributed by atoms with Crippen LogP contribution in [0, 0.1) is 0 Å². The van der Waals surface area contributed by atoms with Crippen LogP contribution in [0.4, 0.5) is 0 Å². The van der Waals surface area contributed by atoms with Gasteiger partial charge < -0.3 is 0 Å². The van der Waals surface area contributed by atoms with Gasteiger partial charge in [-0.3, -0.25) is 4.67 Å². The summed E-state index contributed by atoms with van der Waals surface area (Å²) < 4.78 is 2.49. The minimum Gasteiger partial charge on any atom is -0.280 e. The molecule has 0 spiro atoms. The Bertz CT molecular complexity index is 63.3. The first-order valence-corrected chi connectivity index (χ1v) is 5.00. The van der Waals surface area contributed by atoms with Gasteiger partial charge in [-0.1, -0.05) is 8.73 Å². The van der Waals surface area contributed by atoms with Gasteiger partial charge in [-0.2, -0.15) is 0 Å². The predicted octanol–water partition coefficient (Wildman–Crippen LogP) is 2.33. The lowest BCUT2D eigenvalue weighted by atomic mass is 10.3. The number of rotatable bonds is 3. The molecule has 0 aliphatic carbocycles. The molecule has 0 heterocycles. The number of hydrogen-bond acceptors (Lipinski definition) is 1. The van der Waals surface area contributed by atoms with E-state index in [1.165, 1.54) is 0 Å². The third-order valence-electron chi connectivity index (χ3n) is 1.37. The van der Waals surface area contributed by atoms with Crippen LogP contribution in [-0.4, -0.2) is 23.4 Å². The van der Waals surface area contributed by atoms with Crippen molar-refractivity contribution in [3.05, 3.63) is 0 Å². The second-order valence-electron chi connectivity index (χ2n) is 2.82. The average molecular weight is 147 g/mol. The first kappa shape index (κ1) is 9.39. The highest BCUT2D eigenvalue weighted by Crippen LogP contribution is 2.19. The van der Waals surface area contributed by atoms with E-state index in [0.717, 1.165) is 8.73 Å². The van der Waals surface area contributed by atoms with Gasteiger partial charge in [-0.15, -0.1) is 0 Å². The molecule has 0 saturated heterocycles. The van der Waals surface area contributed by atoms with Gasteiger partial charge in [-0.05, 0) is 34.4 Å². The summed E-state index contributed by atoms with van der Waals surface area (Å²) in [6.45, 7) is 11.2. The molecule has 0 rings (SSSR count). The summed E-state index contributed by atoms with van der Waals surface area (Å²) in [5.74, 6) is 0. The standard InChI is InChI=1S/C7H18NP/c1-6(2)8(9-5)7(3)4/h6-7,9H,1-5H3. The number of nitrogens with zero attached hydrogens (tertiary/aromatic N) is 1. The summed E-state index contributed by atoms with van der Waals surface area (Å²) in [4.78, 5) is 0. The van der Waals surface area contributed by atoms with Crippen LogP contribution in [0.3, 0.4) is 0 Å². The van der Waals surface area contributed by atoms with E-state index in [-0.39, 0.29) is 0 Å². The second kappa shape index (κ2) is 4.24. The molecule has 0 amide bonds. The molecule has 56 valence electrons. The van der Waals surface area contributed by atoms with Crippen molar-refractivity contribution in [1.82, 2.24) is 4.67 Å². The molecule has 0 fully saturated rings. The van der Waals surface area contributed by atoms with Gasteiger partial charge in [0, 0.05) is 12.1 Å². The minimum absolute atomic E-state index is 0.702. The summed E-state index contributed by atoms with van der Waals surface area (Å²) in [6.07, 6.45) is 0. The van der Waals surface area contributed by atoms with Crippen LogP contribution in [0.2, 0.25) is 0 Å². The molecule has 0 N–H and O–H groups in total. The van der Waals surface area contributed by atoms with Crippen LogP contribution in [-0.2, 0) is 0 Å². The fourth-order valence-corrected chi connectivity index (χ4v) is 2.15. The molecule has 0 saturated carbocycles. The van der Waals surface area contributed by atoms with E-state index in [1.807, 2.05) is 0 Å². The molecule has 1 unspecified atom stereocenters. The number of hydrogen-bond donors (Lipinski definition) is 0. The predicted molar refractivity (Wildman–Crippen MR) is 46.4 cm³/mol. The molecule has 2 heteroatoms. The molecule has 0 aliphatic rings. The van der Waals surface area contributed by atoms with Crippen LogP contribution in [0.5, 0.6) is 0 Å². The van der Waals surface area contributed by atoms with Gasteiger partial charge >= 0.3 is 0 Å². The fourth-order valence-electron chi connectivity index (χ4n) is 1.11. The van der Waals surface area contributed by atoms with E-state index >= 15 is 0 Å². The Morgan fingerprint density at radius 1 is 1.00 bits per heavy atom. The molecule has 1 atom stereocenters. The van der Waals surface area contributed by atoms with Crippen molar-refractivity contribution in [2.75, 3.05) is 6.66 Å². The van der Waals surface area contributed by atoms with Crippen molar-refractivity contribution in [2.45, 2.75) is 39.8 Å². The lowest BCUT2D eigenvalue weighted by Crippen LogP contribution is -2.28. The van der Waals surface area contributed by atoms with Crippen LogP contribution in [0.25, 0.3) is 0 Å². The van der Waals surface area contributed by atoms with E-state index in [0.29, 0.717) is 12.1 Å². The Labute approximate surface area is 60.7 Å². The second-order valence-corrected chi connectivity index (χ2v) is 3.78. The van der Waals surface area contributed by atoms with Crippen LogP contribution < -0.4 is 0 Å². The third kappa shape index (κ3) is 3.17. The molecular formula is C7H18NP. The summed E-state index contributed by atoms with van der Waals surface area (Å²) >= 11 is 0. The smallest absolute Gasteiger partial charge is 0.00778 e. The van der Waals surface area contributed by atoms with Gasteiger partial charge in [0.15, 0.2) is 0 Å². The van der Waals surface area contributed by atoms with Crippen LogP contribution in [0.15, 0.2) is 0 Å². The van der Waals surface area contributed by atoms with Gasteiger partial charge in [-0.25, -0.2) is 0 Å². The van der Waals surface area contributed by atoms with Crippen molar-refractivity contribution in [2.24, 2.45) is 0 Å². The van der Waals surface area contributed by atoms with Crippen molar-refractivity contribution >= 4 is 8.73 Å². The zero-order valence-electron chi connectivity index (χ0n) is 7.10. The molecule has 0 radical (unpaired) electrons. The van der Waals surface area contributed by atoms with Crippen molar-refractivity contribution < 1.29 is 0 Å². The Hall–Kier alpha value is 0.390. The highest BCUT2D eigenvalue weighted by molar-refractivity contribution is 7.34. The third-order valence-corrected chi connectivity index (χ3v) is 2.92. The lowest BCUT2D eigenvalue weighted by Gasteiger charge is -2.28. The Morgan fingerprint density at radius 3 is 1.33 bits per heavy atom. The Morgan fingerprint density at radius 2 is 1.33 bits per heavy atom. The summed E-state index contributed by atoms with van der Waals surface area (Å²) in [7, 11) is 0.943. The molecule has 0 aromatic carbocycles. The topological polar surface area (TPSA) is 3.24 Å².